The monoisotopic (exact) mass is 264 g/mol. The highest BCUT2D eigenvalue weighted by molar-refractivity contribution is 5.36. The molecule has 0 radical (unpaired) electrons. The molecule has 0 aromatic heterocycles. The first-order valence-electron chi connectivity index (χ1n) is 7.87. The van der Waals surface area contributed by atoms with Crippen LogP contribution in [0.1, 0.15) is 53.9 Å². The van der Waals surface area contributed by atoms with E-state index in [4.69, 9.17) is 0 Å². The fourth-order valence-electron chi connectivity index (χ4n) is 3.58. The average Bonchev–Trinajstić information content (AvgIpc) is 2.97. The molecule has 0 nitrogen and oxygen atoms in total. The molecule has 0 N–H and O–H groups in total. The summed E-state index contributed by atoms with van der Waals surface area (Å²) < 4.78 is 0. The predicted octanol–water partition coefficient (Wildman–Crippen LogP) is 5.63. The van der Waals surface area contributed by atoms with Gasteiger partial charge in [-0.2, -0.15) is 0 Å². The van der Waals surface area contributed by atoms with E-state index in [9.17, 15) is 0 Å². The number of hydrogen-bond donors (Lipinski definition) is 0. The zero-order valence-electron chi connectivity index (χ0n) is 12.6. The molecule has 1 aliphatic rings. The fraction of sp³-hybridized carbons (Fsp3) is 0.400. The fourth-order valence-corrected chi connectivity index (χ4v) is 3.58. The molecule has 1 aliphatic carbocycles. The minimum Gasteiger partial charge on any atom is -0.0590 e. The van der Waals surface area contributed by atoms with Crippen LogP contribution in [-0.4, -0.2) is 0 Å². The lowest BCUT2D eigenvalue weighted by atomic mass is 9.79. The Morgan fingerprint density at radius 2 is 1.10 bits per heavy atom. The van der Waals surface area contributed by atoms with Crippen LogP contribution in [-0.2, 0) is 0 Å². The van der Waals surface area contributed by atoms with E-state index in [2.05, 4.69) is 62.4 Å². The highest BCUT2D eigenvalue weighted by Crippen LogP contribution is 2.41. The van der Waals surface area contributed by atoms with E-state index in [0.717, 1.165) is 5.92 Å². The molecule has 1 fully saturated rings. The molecule has 104 valence electrons. The van der Waals surface area contributed by atoms with Gasteiger partial charge in [0.15, 0.2) is 0 Å². The van der Waals surface area contributed by atoms with Crippen molar-refractivity contribution in [3.05, 3.63) is 70.8 Å². The summed E-state index contributed by atoms with van der Waals surface area (Å²) in [6.07, 6.45) is 5.57. The van der Waals surface area contributed by atoms with E-state index in [1.165, 1.54) is 47.9 Å². The van der Waals surface area contributed by atoms with E-state index < -0.39 is 0 Å². The third kappa shape index (κ3) is 2.80. The number of rotatable bonds is 3. The van der Waals surface area contributed by atoms with Gasteiger partial charge in [0, 0.05) is 5.92 Å². The van der Waals surface area contributed by atoms with Crippen LogP contribution in [0.4, 0.5) is 0 Å². The van der Waals surface area contributed by atoms with Gasteiger partial charge >= 0.3 is 0 Å². The Kier molecular flexibility index (Phi) is 3.91. The van der Waals surface area contributed by atoms with Gasteiger partial charge in [0.05, 0.1) is 0 Å². The van der Waals surface area contributed by atoms with Crippen molar-refractivity contribution >= 4 is 0 Å². The van der Waals surface area contributed by atoms with Gasteiger partial charge in [-0.15, -0.1) is 0 Å². The number of aryl methyl sites for hydroxylation is 2. The van der Waals surface area contributed by atoms with E-state index in [0.29, 0.717) is 5.92 Å². The second-order valence-corrected chi connectivity index (χ2v) is 6.34. The standard InChI is InChI=1S/C20H24/c1-15-7-11-18(12-8-15)20(17-5-3-4-6-17)19-13-9-16(2)10-14-19/h7-14,17,20H,3-6H2,1-2H3. The number of hydrogen-bond acceptors (Lipinski definition) is 0. The Labute approximate surface area is 122 Å². The predicted molar refractivity (Wildman–Crippen MR) is 86.2 cm³/mol. The van der Waals surface area contributed by atoms with E-state index >= 15 is 0 Å². The van der Waals surface area contributed by atoms with E-state index in [1.54, 1.807) is 0 Å². The van der Waals surface area contributed by atoms with Crippen LogP contribution < -0.4 is 0 Å². The summed E-state index contributed by atoms with van der Waals surface area (Å²) in [5, 5.41) is 0. The van der Waals surface area contributed by atoms with Gasteiger partial charge in [-0.1, -0.05) is 72.5 Å². The summed E-state index contributed by atoms with van der Waals surface area (Å²) in [6.45, 7) is 4.33. The van der Waals surface area contributed by atoms with Gasteiger partial charge in [-0.05, 0) is 43.7 Å². The maximum Gasteiger partial charge on any atom is 0.0118 e. The van der Waals surface area contributed by atoms with Crippen molar-refractivity contribution < 1.29 is 0 Å². The van der Waals surface area contributed by atoms with Crippen molar-refractivity contribution in [2.45, 2.75) is 45.4 Å². The maximum absolute atomic E-state index is 2.33. The van der Waals surface area contributed by atoms with Crippen LogP contribution in [0.25, 0.3) is 0 Å². The third-order valence-corrected chi connectivity index (χ3v) is 4.74. The Balaban J connectivity index is 1.98. The lowest BCUT2D eigenvalue weighted by molar-refractivity contribution is 0.483. The summed E-state index contributed by atoms with van der Waals surface area (Å²) in [5.41, 5.74) is 5.68. The second kappa shape index (κ2) is 5.83. The molecule has 0 bridgehead atoms. The Morgan fingerprint density at radius 3 is 1.50 bits per heavy atom. The first kappa shape index (κ1) is 13.4. The summed E-state index contributed by atoms with van der Waals surface area (Å²) >= 11 is 0. The van der Waals surface area contributed by atoms with Crippen LogP contribution >= 0.6 is 0 Å². The van der Waals surface area contributed by atoms with Gasteiger partial charge in [0.2, 0.25) is 0 Å². The highest BCUT2D eigenvalue weighted by Gasteiger charge is 2.27. The molecule has 0 aliphatic heterocycles. The molecule has 0 saturated heterocycles. The van der Waals surface area contributed by atoms with Crippen molar-refractivity contribution in [3.63, 3.8) is 0 Å². The molecule has 3 rings (SSSR count). The summed E-state index contributed by atoms with van der Waals surface area (Å²) in [7, 11) is 0. The molecule has 2 aromatic carbocycles. The Bertz CT molecular complexity index is 496. The normalized spacial score (nSPS) is 15.9. The number of benzene rings is 2. The van der Waals surface area contributed by atoms with Gasteiger partial charge in [-0.3, -0.25) is 0 Å². The molecule has 0 spiro atoms. The van der Waals surface area contributed by atoms with Crippen LogP contribution in [0.5, 0.6) is 0 Å². The van der Waals surface area contributed by atoms with E-state index in [1.807, 2.05) is 0 Å². The summed E-state index contributed by atoms with van der Waals surface area (Å²) in [4.78, 5) is 0. The zero-order valence-corrected chi connectivity index (χ0v) is 12.6. The molecular formula is C20H24. The van der Waals surface area contributed by atoms with Crippen molar-refractivity contribution in [3.8, 4) is 0 Å². The first-order chi connectivity index (χ1) is 9.74. The SMILES string of the molecule is Cc1ccc(C(c2ccc(C)cc2)C2CCCC2)cc1. The third-order valence-electron chi connectivity index (χ3n) is 4.74. The van der Waals surface area contributed by atoms with Crippen molar-refractivity contribution in [1.82, 2.24) is 0 Å². The summed E-state index contributed by atoms with van der Waals surface area (Å²) in [6, 6.07) is 18.3. The van der Waals surface area contributed by atoms with Crippen LogP contribution in [0, 0.1) is 19.8 Å². The lowest BCUT2D eigenvalue weighted by Crippen LogP contribution is -2.11. The minimum absolute atomic E-state index is 0.582. The lowest BCUT2D eigenvalue weighted by Gasteiger charge is -2.25. The molecule has 0 amide bonds. The van der Waals surface area contributed by atoms with Gasteiger partial charge in [0.1, 0.15) is 0 Å². The van der Waals surface area contributed by atoms with Crippen LogP contribution in [0.3, 0.4) is 0 Å². The molecule has 20 heavy (non-hydrogen) atoms. The van der Waals surface area contributed by atoms with E-state index in [-0.39, 0.29) is 0 Å². The van der Waals surface area contributed by atoms with Crippen molar-refractivity contribution in [1.29, 1.82) is 0 Å². The molecule has 0 heterocycles. The van der Waals surface area contributed by atoms with Crippen LogP contribution in [0.15, 0.2) is 48.5 Å². The Hall–Kier alpha value is -1.56. The smallest absolute Gasteiger partial charge is 0.0118 e. The second-order valence-electron chi connectivity index (χ2n) is 6.34. The molecule has 0 heteroatoms. The first-order valence-corrected chi connectivity index (χ1v) is 7.87. The highest BCUT2D eigenvalue weighted by atomic mass is 14.3. The van der Waals surface area contributed by atoms with Crippen molar-refractivity contribution in [2.75, 3.05) is 0 Å². The molecule has 0 unspecified atom stereocenters. The quantitative estimate of drug-likeness (QED) is 0.674. The van der Waals surface area contributed by atoms with Gasteiger partial charge in [0.25, 0.3) is 0 Å². The zero-order chi connectivity index (χ0) is 13.9. The summed E-state index contributed by atoms with van der Waals surface area (Å²) in [5.74, 6) is 1.40. The molecular weight excluding hydrogens is 240 g/mol. The molecule has 2 aromatic rings. The largest absolute Gasteiger partial charge is 0.0590 e. The Morgan fingerprint density at radius 1 is 0.700 bits per heavy atom. The maximum atomic E-state index is 2.33. The molecule has 0 atom stereocenters. The van der Waals surface area contributed by atoms with Crippen molar-refractivity contribution in [2.24, 2.45) is 5.92 Å². The minimum atomic E-state index is 0.582. The van der Waals surface area contributed by atoms with Gasteiger partial charge < -0.3 is 0 Å². The average molecular weight is 264 g/mol. The topological polar surface area (TPSA) is 0 Å². The van der Waals surface area contributed by atoms with Gasteiger partial charge in [-0.25, -0.2) is 0 Å². The van der Waals surface area contributed by atoms with Crippen LogP contribution in [0.2, 0.25) is 0 Å². The molecule has 1 saturated carbocycles.